The molecule has 2 aliphatic heterocycles. The Morgan fingerprint density at radius 1 is 1.00 bits per heavy atom. The summed E-state index contributed by atoms with van der Waals surface area (Å²) in [6.07, 6.45) is 7.36. The molecule has 2 aromatic rings. The fraction of sp³-hybridized carbons (Fsp3) is 0.480. The number of rotatable bonds is 9. The Bertz CT molecular complexity index is 793. The van der Waals surface area contributed by atoms with Gasteiger partial charge in [0.2, 0.25) is 5.91 Å². The van der Waals surface area contributed by atoms with Gasteiger partial charge in [-0.1, -0.05) is 42.5 Å². The molecule has 0 aromatic heterocycles. The van der Waals surface area contributed by atoms with Crippen molar-refractivity contribution < 1.29 is 4.79 Å². The first kappa shape index (κ1) is 20.1. The molecule has 1 amide bonds. The number of aryl methyl sites for hydroxylation is 1. The number of nitrogens with zero attached hydrogens (tertiary/aromatic N) is 1. The number of nitrogens with one attached hydrogen (secondary N) is 1. The highest BCUT2D eigenvalue weighted by atomic mass is 16.1. The van der Waals surface area contributed by atoms with E-state index in [9.17, 15) is 4.79 Å². The van der Waals surface area contributed by atoms with E-state index in [-0.39, 0.29) is 5.91 Å². The smallest absolute Gasteiger partial charge is 0.248 e. The fourth-order valence-corrected chi connectivity index (χ4v) is 5.25. The van der Waals surface area contributed by atoms with Gasteiger partial charge >= 0.3 is 0 Å². The third-order valence-corrected chi connectivity index (χ3v) is 6.74. The van der Waals surface area contributed by atoms with Crippen LogP contribution in [0.1, 0.15) is 59.5 Å². The zero-order valence-electron chi connectivity index (χ0n) is 17.2. The lowest BCUT2D eigenvalue weighted by molar-refractivity contribution is 0.1000. The van der Waals surface area contributed by atoms with E-state index in [0.717, 1.165) is 26.1 Å². The van der Waals surface area contributed by atoms with Gasteiger partial charge in [-0.2, -0.15) is 0 Å². The molecule has 0 unspecified atom stereocenters. The van der Waals surface area contributed by atoms with E-state index in [2.05, 4.69) is 46.6 Å². The summed E-state index contributed by atoms with van der Waals surface area (Å²) < 4.78 is 0. The van der Waals surface area contributed by atoms with E-state index in [4.69, 9.17) is 5.73 Å². The average Bonchev–Trinajstić information content (AvgIpc) is 2.98. The second-order valence-electron chi connectivity index (χ2n) is 8.62. The van der Waals surface area contributed by atoms with Gasteiger partial charge in [-0.15, -0.1) is 0 Å². The largest absolute Gasteiger partial charge is 0.366 e. The molecule has 2 heterocycles. The number of primary amides is 1. The number of amides is 1. The Labute approximate surface area is 174 Å². The molecule has 4 heteroatoms. The molecule has 4 rings (SSSR count). The van der Waals surface area contributed by atoms with Crippen molar-refractivity contribution in [2.45, 2.75) is 56.5 Å². The number of benzene rings is 2. The van der Waals surface area contributed by atoms with Crippen molar-refractivity contribution in [2.75, 3.05) is 19.6 Å². The number of fused-ring (bicyclic) bond motifs is 2. The summed E-state index contributed by atoms with van der Waals surface area (Å²) in [7, 11) is 0. The van der Waals surface area contributed by atoms with Crippen LogP contribution >= 0.6 is 0 Å². The lowest BCUT2D eigenvalue weighted by Gasteiger charge is -2.39. The highest BCUT2D eigenvalue weighted by Gasteiger charge is 2.40. The molecular formula is C25H33N3O. The van der Waals surface area contributed by atoms with Gasteiger partial charge in [0.05, 0.1) is 0 Å². The summed E-state index contributed by atoms with van der Waals surface area (Å²) in [4.78, 5) is 14.2. The fourth-order valence-electron chi connectivity index (χ4n) is 5.25. The molecular weight excluding hydrogens is 358 g/mol. The highest BCUT2D eigenvalue weighted by Crippen LogP contribution is 2.42. The van der Waals surface area contributed by atoms with Crippen molar-refractivity contribution in [3.05, 3.63) is 71.3 Å². The number of hydrogen-bond acceptors (Lipinski definition) is 3. The minimum absolute atomic E-state index is 0.328. The van der Waals surface area contributed by atoms with Crippen molar-refractivity contribution in [1.82, 2.24) is 10.2 Å². The quantitative estimate of drug-likeness (QED) is 0.641. The molecule has 0 spiro atoms. The van der Waals surface area contributed by atoms with Crippen LogP contribution in [0.5, 0.6) is 0 Å². The maximum Gasteiger partial charge on any atom is 0.248 e. The molecule has 154 valence electrons. The second kappa shape index (κ2) is 9.55. The van der Waals surface area contributed by atoms with Crippen molar-refractivity contribution in [3.63, 3.8) is 0 Å². The third kappa shape index (κ3) is 5.06. The standard InChI is InChI=1S/C25H33N3O/c26-25(29)21-10-4-9-20(16-21)22-17-23-11-12-24(18-22)28(23)15-14-27-13-5-8-19-6-2-1-3-7-19/h1-4,6-7,9-10,16,22-24,27H,5,8,11-15,17-18H2,(H2,26,29)/t22-,23+,24-. The van der Waals surface area contributed by atoms with E-state index in [1.54, 1.807) is 0 Å². The molecule has 0 aliphatic carbocycles. The lowest BCUT2D eigenvalue weighted by Crippen LogP contribution is -2.45. The van der Waals surface area contributed by atoms with Gasteiger partial charge in [-0.3, -0.25) is 9.69 Å². The summed E-state index contributed by atoms with van der Waals surface area (Å²) >= 11 is 0. The van der Waals surface area contributed by atoms with E-state index >= 15 is 0 Å². The van der Waals surface area contributed by atoms with E-state index in [0.29, 0.717) is 23.6 Å². The summed E-state index contributed by atoms with van der Waals surface area (Å²) in [5.74, 6) is 0.229. The Morgan fingerprint density at radius 2 is 1.76 bits per heavy atom. The Kier molecular flexibility index (Phi) is 6.63. The zero-order valence-corrected chi connectivity index (χ0v) is 17.2. The van der Waals surface area contributed by atoms with Crippen molar-refractivity contribution in [1.29, 1.82) is 0 Å². The summed E-state index contributed by atoms with van der Waals surface area (Å²) in [6.45, 7) is 3.30. The predicted molar refractivity (Wildman–Crippen MR) is 118 cm³/mol. The highest BCUT2D eigenvalue weighted by molar-refractivity contribution is 5.92. The number of carbonyl (C=O) groups excluding carboxylic acids is 1. The molecule has 3 atom stereocenters. The third-order valence-electron chi connectivity index (χ3n) is 6.74. The van der Waals surface area contributed by atoms with Crippen molar-refractivity contribution in [3.8, 4) is 0 Å². The number of hydrogen-bond donors (Lipinski definition) is 2. The van der Waals surface area contributed by atoms with Crippen LogP contribution in [0.25, 0.3) is 0 Å². The first-order valence-electron chi connectivity index (χ1n) is 11.1. The summed E-state index contributed by atoms with van der Waals surface area (Å²) in [5.41, 5.74) is 8.82. The van der Waals surface area contributed by atoms with Gasteiger partial charge < -0.3 is 11.1 Å². The number of nitrogens with two attached hydrogens (primary N) is 1. The molecule has 2 fully saturated rings. The van der Waals surface area contributed by atoms with Gasteiger partial charge in [0, 0.05) is 30.7 Å². The normalized spacial score (nSPS) is 23.9. The van der Waals surface area contributed by atoms with Crippen LogP contribution in [0.2, 0.25) is 0 Å². The van der Waals surface area contributed by atoms with Crippen molar-refractivity contribution >= 4 is 5.91 Å². The van der Waals surface area contributed by atoms with E-state index < -0.39 is 0 Å². The Morgan fingerprint density at radius 3 is 2.48 bits per heavy atom. The van der Waals surface area contributed by atoms with E-state index in [1.165, 1.54) is 43.2 Å². The van der Waals surface area contributed by atoms with Crippen LogP contribution in [-0.2, 0) is 6.42 Å². The Hall–Kier alpha value is -2.17. The van der Waals surface area contributed by atoms with Crippen LogP contribution in [0.4, 0.5) is 0 Å². The first-order chi connectivity index (χ1) is 14.2. The minimum atomic E-state index is -0.328. The topological polar surface area (TPSA) is 58.4 Å². The van der Waals surface area contributed by atoms with Crippen LogP contribution in [0.15, 0.2) is 54.6 Å². The molecule has 0 saturated carbocycles. The van der Waals surface area contributed by atoms with Gasteiger partial charge in [0.15, 0.2) is 0 Å². The number of carbonyl (C=O) groups is 1. The minimum Gasteiger partial charge on any atom is -0.366 e. The van der Waals surface area contributed by atoms with Gasteiger partial charge in [-0.05, 0) is 74.2 Å². The summed E-state index contributed by atoms with van der Waals surface area (Å²) in [6, 6.07) is 20.1. The first-order valence-corrected chi connectivity index (χ1v) is 11.1. The Balaban J connectivity index is 1.21. The van der Waals surface area contributed by atoms with Crippen LogP contribution in [-0.4, -0.2) is 42.5 Å². The molecule has 29 heavy (non-hydrogen) atoms. The molecule has 2 aromatic carbocycles. The van der Waals surface area contributed by atoms with Gasteiger partial charge in [0.1, 0.15) is 0 Å². The molecule has 4 nitrogen and oxygen atoms in total. The van der Waals surface area contributed by atoms with Crippen LogP contribution in [0, 0.1) is 0 Å². The van der Waals surface area contributed by atoms with Crippen molar-refractivity contribution in [2.24, 2.45) is 5.73 Å². The molecule has 2 bridgehead atoms. The van der Waals surface area contributed by atoms with Gasteiger partial charge in [-0.25, -0.2) is 0 Å². The predicted octanol–water partition coefficient (Wildman–Crippen LogP) is 3.72. The molecule has 3 N–H and O–H groups in total. The molecule has 2 saturated heterocycles. The average molecular weight is 392 g/mol. The zero-order chi connectivity index (χ0) is 20.1. The number of piperidine rings is 1. The SMILES string of the molecule is NC(=O)c1cccc([C@H]2C[C@H]3CC[C@@H](C2)N3CCNCCCc2ccccc2)c1. The maximum absolute atomic E-state index is 11.5. The van der Waals surface area contributed by atoms with Crippen LogP contribution in [0.3, 0.4) is 0 Å². The maximum atomic E-state index is 11.5. The van der Waals surface area contributed by atoms with E-state index in [1.807, 2.05) is 18.2 Å². The monoisotopic (exact) mass is 391 g/mol. The van der Waals surface area contributed by atoms with Gasteiger partial charge in [0.25, 0.3) is 0 Å². The molecule has 0 radical (unpaired) electrons. The molecule has 2 aliphatic rings. The summed E-state index contributed by atoms with van der Waals surface area (Å²) in [5, 5.41) is 3.64. The second-order valence-corrected chi connectivity index (χ2v) is 8.62. The lowest BCUT2D eigenvalue weighted by atomic mass is 9.84. The van der Waals surface area contributed by atoms with Crippen LogP contribution < -0.4 is 11.1 Å².